The number of benzene rings is 1. The molecule has 0 atom stereocenters. The Morgan fingerprint density at radius 3 is 2.42 bits per heavy atom. The van der Waals surface area contributed by atoms with E-state index in [4.69, 9.17) is 10.7 Å². The maximum Gasteiger partial charge on any atom is 0.261 e. The van der Waals surface area contributed by atoms with E-state index in [1.165, 1.54) is 0 Å². The fourth-order valence-corrected chi connectivity index (χ4v) is 2.09. The Morgan fingerprint density at radius 1 is 1.37 bits per heavy atom. The molecule has 0 heterocycles. The van der Waals surface area contributed by atoms with Crippen LogP contribution in [-0.2, 0) is 9.05 Å². The molecular formula is C12H15ClFNO3S. The lowest BCUT2D eigenvalue weighted by atomic mass is 10.0. The SMILES string of the molecule is CCC(C)(C)NC(=O)c1cc(F)cc(S(=O)(=O)Cl)c1. The molecule has 0 aliphatic rings. The Bertz CT molecular complexity index is 599. The minimum absolute atomic E-state index is 0.0826. The van der Waals surface area contributed by atoms with Crippen molar-refractivity contribution in [2.24, 2.45) is 0 Å². The van der Waals surface area contributed by atoms with E-state index >= 15 is 0 Å². The Hall–Kier alpha value is -1.14. The van der Waals surface area contributed by atoms with Crippen LogP contribution >= 0.6 is 10.7 Å². The van der Waals surface area contributed by atoms with Crippen molar-refractivity contribution in [3.63, 3.8) is 0 Å². The van der Waals surface area contributed by atoms with Crippen LogP contribution in [0.3, 0.4) is 0 Å². The van der Waals surface area contributed by atoms with Crippen molar-refractivity contribution in [2.45, 2.75) is 37.6 Å². The van der Waals surface area contributed by atoms with Crippen LogP contribution in [0.2, 0.25) is 0 Å². The van der Waals surface area contributed by atoms with Gasteiger partial charge in [-0.25, -0.2) is 12.8 Å². The summed E-state index contributed by atoms with van der Waals surface area (Å²) in [6.45, 7) is 5.51. The molecule has 0 aliphatic heterocycles. The van der Waals surface area contributed by atoms with E-state index in [1.807, 2.05) is 20.8 Å². The van der Waals surface area contributed by atoms with E-state index in [2.05, 4.69) is 5.32 Å². The van der Waals surface area contributed by atoms with Crippen molar-refractivity contribution in [1.29, 1.82) is 0 Å². The third kappa shape index (κ3) is 4.47. The fraction of sp³-hybridized carbons (Fsp3) is 0.417. The molecule has 0 aromatic heterocycles. The lowest BCUT2D eigenvalue weighted by molar-refractivity contribution is 0.0910. The Labute approximate surface area is 116 Å². The predicted molar refractivity (Wildman–Crippen MR) is 71.3 cm³/mol. The highest BCUT2D eigenvalue weighted by atomic mass is 35.7. The van der Waals surface area contributed by atoms with Crippen molar-refractivity contribution < 1.29 is 17.6 Å². The molecule has 0 saturated carbocycles. The normalized spacial score (nSPS) is 12.3. The molecule has 106 valence electrons. The van der Waals surface area contributed by atoms with Crippen LogP contribution in [0, 0.1) is 5.82 Å². The molecule has 0 bridgehead atoms. The van der Waals surface area contributed by atoms with E-state index in [9.17, 15) is 17.6 Å². The Morgan fingerprint density at radius 2 is 1.95 bits per heavy atom. The second-order valence-corrected chi connectivity index (χ2v) is 7.37. The average molecular weight is 308 g/mol. The minimum atomic E-state index is -4.08. The van der Waals surface area contributed by atoms with E-state index in [1.54, 1.807) is 0 Å². The van der Waals surface area contributed by atoms with Crippen LogP contribution in [0.4, 0.5) is 4.39 Å². The number of halogens is 2. The van der Waals surface area contributed by atoms with Gasteiger partial charge < -0.3 is 5.32 Å². The predicted octanol–water partition coefficient (Wildman–Crippen LogP) is 2.67. The van der Waals surface area contributed by atoms with Crippen molar-refractivity contribution in [3.8, 4) is 0 Å². The Balaban J connectivity index is 3.15. The van der Waals surface area contributed by atoms with Crippen molar-refractivity contribution in [3.05, 3.63) is 29.6 Å². The summed E-state index contributed by atoms with van der Waals surface area (Å²) < 4.78 is 35.7. The summed E-state index contributed by atoms with van der Waals surface area (Å²) in [5.74, 6) is -1.38. The van der Waals surface area contributed by atoms with Crippen LogP contribution in [0.15, 0.2) is 23.1 Å². The van der Waals surface area contributed by atoms with Gasteiger partial charge in [-0.05, 0) is 38.5 Å². The van der Waals surface area contributed by atoms with Crippen molar-refractivity contribution >= 4 is 25.6 Å². The summed E-state index contributed by atoms with van der Waals surface area (Å²) in [5, 5.41) is 2.68. The zero-order valence-electron chi connectivity index (χ0n) is 10.8. The maximum absolute atomic E-state index is 13.3. The number of carbonyl (C=O) groups is 1. The van der Waals surface area contributed by atoms with E-state index in [0.717, 1.165) is 18.2 Å². The first kappa shape index (κ1) is 15.9. The van der Waals surface area contributed by atoms with Crippen LogP contribution in [-0.4, -0.2) is 19.9 Å². The third-order valence-corrected chi connectivity index (χ3v) is 4.08. The number of hydrogen-bond acceptors (Lipinski definition) is 3. The van der Waals surface area contributed by atoms with Gasteiger partial charge in [0.05, 0.1) is 4.90 Å². The summed E-state index contributed by atoms with van der Waals surface area (Å²) in [6.07, 6.45) is 0.675. The van der Waals surface area contributed by atoms with Crippen LogP contribution in [0.25, 0.3) is 0 Å². The van der Waals surface area contributed by atoms with Crippen LogP contribution in [0.1, 0.15) is 37.6 Å². The molecule has 0 radical (unpaired) electrons. The maximum atomic E-state index is 13.3. The van der Waals surface area contributed by atoms with E-state index in [-0.39, 0.29) is 5.56 Å². The monoisotopic (exact) mass is 307 g/mol. The molecule has 7 heteroatoms. The summed E-state index contributed by atoms with van der Waals surface area (Å²) in [6, 6.07) is 2.78. The van der Waals surface area contributed by atoms with E-state index < -0.39 is 31.2 Å². The van der Waals surface area contributed by atoms with Crippen molar-refractivity contribution in [2.75, 3.05) is 0 Å². The number of nitrogens with one attached hydrogen (secondary N) is 1. The van der Waals surface area contributed by atoms with Crippen LogP contribution < -0.4 is 5.32 Å². The fourth-order valence-electron chi connectivity index (χ4n) is 1.30. The molecule has 1 rings (SSSR count). The summed E-state index contributed by atoms with van der Waals surface area (Å²) in [4.78, 5) is 11.5. The van der Waals surface area contributed by atoms with Gasteiger partial charge in [-0.15, -0.1) is 0 Å². The molecule has 0 spiro atoms. The number of rotatable bonds is 4. The molecule has 0 unspecified atom stereocenters. The summed E-state index contributed by atoms with van der Waals surface area (Å²) in [5.41, 5.74) is -0.551. The van der Waals surface area contributed by atoms with Gasteiger partial charge in [-0.2, -0.15) is 0 Å². The first-order chi connectivity index (χ1) is 8.55. The molecule has 1 aromatic rings. The molecule has 1 aromatic carbocycles. The lowest BCUT2D eigenvalue weighted by Crippen LogP contribution is -2.42. The first-order valence-electron chi connectivity index (χ1n) is 5.63. The zero-order valence-corrected chi connectivity index (χ0v) is 12.4. The summed E-state index contributed by atoms with van der Waals surface area (Å²) in [7, 11) is 1.06. The molecule has 4 nitrogen and oxygen atoms in total. The molecule has 1 N–H and O–H groups in total. The van der Waals surface area contributed by atoms with Gasteiger partial charge in [-0.3, -0.25) is 4.79 Å². The van der Waals surface area contributed by atoms with E-state index in [0.29, 0.717) is 6.42 Å². The zero-order chi connectivity index (χ0) is 14.8. The minimum Gasteiger partial charge on any atom is -0.347 e. The van der Waals surface area contributed by atoms with Gasteiger partial charge in [0, 0.05) is 21.8 Å². The molecule has 0 fully saturated rings. The molecular weight excluding hydrogens is 293 g/mol. The number of carbonyl (C=O) groups excluding carboxylic acids is 1. The second-order valence-electron chi connectivity index (χ2n) is 4.81. The molecule has 0 saturated heterocycles. The first-order valence-corrected chi connectivity index (χ1v) is 7.94. The smallest absolute Gasteiger partial charge is 0.261 e. The van der Waals surface area contributed by atoms with Crippen LogP contribution in [0.5, 0.6) is 0 Å². The average Bonchev–Trinajstić information content (AvgIpc) is 2.26. The lowest BCUT2D eigenvalue weighted by Gasteiger charge is -2.24. The summed E-state index contributed by atoms with van der Waals surface area (Å²) >= 11 is 0. The largest absolute Gasteiger partial charge is 0.347 e. The van der Waals surface area contributed by atoms with Gasteiger partial charge in [0.2, 0.25) is 0 Å². The number of hydrogen-bond donors (Lipinski definition) is 1. The number of amides is 1. The highest BCUT2D eigenvalue weighted by Gasteiger charge is 2.21. The second kappa shape index (κ2) is 5.46. The van der Waals surface area contributed by atoms with Gasteiger partial charge in [0.15, 0.2) is 0 Å². The highest BCUT2D eigenvalue weighted by Crippen LogP contribution is 2.19. The third-order valence-electron chi connectivity index (χ3n) is 2.75. The Kier molecular flexibility index (Phi) is 4.58. The standard InChI is InChI=1S/C12H15ClFNO3S/c1-4-12(2,3)15-11(16)8-5-9(14)7-10(6-8)19(13,17)18/h5-7H,4H2,1-3H3,(H,15,16). The van der Waals surface area contributed by atoms with Gasteiger partial charge in [0.1, 0.15) is 5.82 Å². The molecule has 1 amide bonds. The highest BCUT2D eigenvalue weighted by molar-refractivity contribution is 8.13. The van der Waals surface area contributed by atoms with Gasteiger partial charge >= 0.3 is 0 Å². The molecule has 0 aliphatic carbocycles. The van der Waals surface area contributed by atoms with Crippen molar-refractivity contribution in [1.82, 2.24) is 5.32 Å². The molecule has 19 heavy (non-hydrogen) atoms. The van der Waals surface area contributed by atoms with Gasteiger partial charge in [0.25, 0.3) is 15.0 Å². The quantitative estimate of drug-likeness (QED) is 0.870. The topological polar surface area (TPSA) is 63.2 Å². The van der Waals surface area contributed by atoms with Gasteiger partial charge in [-0.1, -0.05) is 6.92 Å².